The molecule has 1 atom stereocenters. The van der Waals surface area contributed by atoms with Crippen LogP contribution in [-0.4, -0.2) is 73.6 Å². The Morgan fingerprint density at radius 1 is 1.21 bits per heavy atom. The van der Waals surface area contributed by atoms with E-state index < -0.39 is 23.8 Å². The Balaban J connectivity index is 1.42. The molecule has 11 nitrogen and oxygen atoms in total. The molecule has 2 aliphatic rings. The highest BCUT2D eigenvalue weighted by Gasteiger charge is 2.34. The van der Waals surface area contributed by atoms with Crippen LogP contribution in [0, 0.1) is 11.6 Å². The number of halogens is 2. The van der Waals surface area contributed by atoms with Crippen molar-refractivity contribution in [2.24, 2.45) is 0 Å². The first-order valence-corrected chi connectivity index (χ1v) is 10.6. The lowest BCUT2D eigenvalue weighted by atomic mass is 10.2. The third-order valence-corrected chi connectivity index (χ3v) is 5.37. The van der Waals surface area contributed by atoms with Gasteiger partial charge in [-0.1, -0.05) is 5.16 Å². The molecule has 0 bridgehead atoms. The molecule has 2 saturated heterocycles. The molecule has 0 spiro atoms. The third-order valence-electron chi connectivity index (χ3n) is 5.37. The molecule has 3 heterocycles. The molecule has 2 aromatic rings. The molecule has 1 aromatic heterocycles. The molecular weight excluding hydrogens is 456 g/mol. The van der Waals surface area contributed by atoms with Gasteiger partial charge in [-0.3, -0.25) is 19.3 Å². The Morgan fingerprint density at radius 3 is 2.65 bits per heavy atom. The fraction of sp³-hybridized carbons (Fsp3) is 0.429. The van der Waals surface area contributed by atoms with Gasteiger partial charge in [-0.15, -0.1) is 0 Å². The minimum atomic E-state index is -0.865. The minimum Gasteiger partial charge on any atom is -0.442 e. The normalized spacial score (nSPS) is 18.6. The van der Waals surface area contributed by atoms with Gasteiger partial charge in [0.15, 0.2) is 11.6 Å². The first-order valence-electron chi connectivity index (χ1n) is 10.6. The highest BCUT2D eigenvalue weighted by Crippen LogP contribution is 2.31. The third kappa shape index (κ3) is 5.25. The van der Waals surface area contributed by atoms with Gasteiger partial charge in [0.05, 0.1) is 44.0 Å². The van der Waals surface area contributed by atoms with Crippen molar-refractivity contribution < 1.29 is 37.3 Å². The summed E-state index contributed by atoms with van der Waals surface area (Å²) in [5, 5.41) is 7.37. The van der Waals surface area contributed by atoms with Crippen LogP contribution in [0.15, 0.2) is 29.0 Å². The van der Waals surface area contributed by atoms with Crippen molar-refractivity contribution in [3.05, 3.63) is 41.8 Å². The maximum atomic E-state index is 15.0. The lowest BCUT2D eigenvalue weighted by Crippen LogP contribution is -2.35. The Hall–Kier alpha value is -3.74. The standard InChI is InChI=1S/C21H23F2N5O6/c1-13(29)24-11-16-12-27(21(31)34-16)15-9-17(22)20(18(23)10-15)26-3-4-28(33-7-5-26)19(30)8-14-2-6-32-25-14/h2,6,9-10,16H,3-5,7-8,11-12H2,1H3,(H,24,29)/t16-/m0/s1. The lowest BCUT2D eigenvalue weighted by Gasteiger charge is -2.24. The molecule has 0 radical (unpaired) electrons. The first kappa shape index (κ1) is 23.4. The number of hydrogen-bond donors (Lipinski definition) is 1. The van der Waals surface area contributed by atoms with E-state index >= 15 is 8.78 Å². The topological polar surface area (TPSA) is 117 Å². The number of benzene rings is 1. The van der Waals surface area contributed by atoms with Gasteiger partial charge in [0, 0.05) is 38.2 Å². The zero-order valence-electron chi connectivity index (χ0n) is 18.3. The molecule has 34 heavy (non-hydrogen) atoms. The number of hydrogen-bond acceptors (Lipinski definition) is 8. The summed E-state index contributed by atoms with van der Waals surface area (Å²) in [5.74, 6) is -2.37. The summed E-state index contributed by atoms with van der Waals surface area (Å²) in [7, 11) is 0. The molecule has 1 N–H and O–H groups in total. The van der Waals surface area contributed by atoms with Crippen molar-refractivity contribution >= 4 is 29.3 Å². The fourth-order valence-corrected chi connectivity index (χ4v) is 3.75. The SMILES string of the molecule is CC(=O)NC[C@H]1CN(c2cc(F)c(N3CCON(C(=O)Cc4ccon4)CC3)c(F)c2)C(=O)O1. The Labute approximate surface area is 193 Å². The Bertz CT molecular complexity index is 1040. The quantitative estimate of drug-likeness (QED) is 0.658. The minimum absolute atomic E-state index is 0.00423. The van der Waals surface area contributed by atoms with E-state index in [1.165, 1.54) is 18.1 Å². The molecule has 13 heteroatoms. The zero-order chi connectivity index (χ0) is 24.2. The number of anilines is 2. The van der Waals surface area contributed by atoms with Crippen LogP contribution < -0.4 is 15.1 Å². The number of carbonyl (C=O) groups is 3. The van der Waals surface area contributed by atoms with E-state index in [0.717, 1.165) is 22.1 Å². The second kappa shape index (κ2) is 10.0. The van der Waals surface area contributed by atoms with Crippen LogP contribution in [0.25, 0.3) is 0 Å². The largest absolute Gasteiger partial charge is 0.442 e. The van der Waals surface area contributed by atoms with Gasteiger partial charge in [0.25, 0.3) is 5.91 Å². The van der Waals surface area contributed by atoms with Gasteiger partial charge in [-0.25, -0.2) is 18.6 Å². The van der Waals surface area contributed by atoms with Crippen molar-refractivity contribution in [2.45, 2.75) is 19.4 Å². The van der Waals surface area contributed by atoms with Crippen LogP contribution in [0.3, 0.4) is 0 Å². The summed E-state index contributed by atoms with van der Waals surface area (Å²) in [6.45, 7) is 1.86. The van der Waals surface area contributed by atoms with Crippen molar-refractivity contribution in [3.63, 3.8) is 0 Å². The predicted molar refractivity (Wildman–Crippen MR) is 113 cm³/mol. The number of nitrogens with zero attached hydrogens (tertiary/aromatic N) is 4. The number of hydroxylamine groups is 2. The van der Waals surface area contributed by atoms with Gasteiger partial charge < -0.3 is 19.5 Å². The van der Waals surface area contributed by atoms with Crippen LogP contribution in [0.2, 0.25) is 0 Å². The van der Waals surface area contributed by atoms with Crippen molar-refractivity contribution in [1.82, 2.24) is 15.5 Å². The molecule has 182 valence electrons. The van der Waals surface area contributed by atoms with Crippen LogP contribution in [0.1, 0.15) is 12.6 Å². The second-order valence-corrected chi connectivity index (χ2v) is 7.80. The number of carbonyl (C=O) groups excluding carboxylic acids is 3. The Kier molecular flexibility index (Phi) is 6.91. The smallest absolute Gasteiger partial charge is 0.414 e. The number of ether oxygens (including phenoxy) is 1. The maximum absolute atomic E-state index is 15.0. The molecule has 4 rings (SSSR count). The predicted octanol–water partition coefficient (Wildman–Crippen LogP) is 1.24. The van der Waals surface area contributed by atoms with E-state index in [-0.39, 0.29) is 68.9 Å². The van der Waals surface area contributed by atoms with Crippen LogP contribution in [0.5, 0.6) is 0 Å². The molecule has 3 amide bonds. The zero-order valence-corrected chi connectivity index (χ0v) is 18.3. The van der Waals surface area contributed by atoms with Gasteiger partial charge in [-0.2, -0.15) is 0 Å². The average molecular weight is 479 g/mol. The number of rotatable bonds is 6. The van der Waals surface area contributed by atoms with Crippen molar-refractivity contribution in [2.75, 3.05) is 49.1 Å². The summed E-state index contributed by atoms with van der Waals surface area (Å²) in [5.41, 5.74) is 0.173. The first-order chi connectivity index (χ1) is 16.3. The summed E-state index contributed by atoms with van der Waals surface area (Å²) in [6.07, 6.45) is -0.0616. The highest BCUT2D eigenvalue weighted by atomic mass is 19.1. The molecule has 0 unspecified atom stereocenters. The van der Waals surface area contributed by atoms with E-state index in [9.17, 15) is 14.4 Å². The van der Waals surface area contributed by atoms with Gasteiger partial charge in [-0.05, 0) is 0 Å². The van der Waals surface area contributed by atoms with Crippen LogP contribution >= 0.6 is 0 Å². The summed E-state index contributed by atoms with van der Waals surface area (Å²) in [4.78, 5) is 43.6. The van der Waals surface area contributed by atoms with E-state index in [1.54, 1.807) is 6.07 Å². The summed E-state index contributed by atoms with van der Waals surface area (Å²) >= 11 is 0. The van der Waals surface area contributed by atoms with Gasteiger partial charge in [0.2, 0.25) is 5.91 Å². The van der Waals surface area contributed by atoms with E-state index in [0.29, 0.717) is 5.69 Å². The Morgan fingerprint density at radius 2 is 1.97 bits per heavy atom. The molecule has 0 aliphatic carbocycles. The van der Waals surface area contributed by atoms with Crippen molar-refractivity contribution in [1.29, 1.82) is 0 Å². The van der Waals surface area contributed by atoms with Crippen LogP contribution in [-0.2, 0) is 25.6 Å². The van der Waals surface area contributed by atoms with Gasteiger partial charge >= 0.3 is 6.09 Å². The molecular formula is C21H23F2N5O6. The molecule has 2 aliphatic heterocycles. The fourth-order valence-electron chi connectivity index (χ4n) is 3.75. The van der Waals surface area contributed by atoms with E-state index in [2.05, 4.69) is 10.5 Å². The second-order valence-electron chi connectivity index (χ2n) is 7.80. The summed E-state index contributed by atoms with van der Waals surface area (Å²) < 4.78 is 39.9. The summed E-state index contributed by atoms with van der Waals surface area (Å²) in [6, 6.07) is 3.67. The molecule has 0 saturated carbocycles. The lowest BCUT2D eigenvalue weighted by molar-refractivity contribution is -0.181. The van der Waals surface area contributed by atoms with E-state index in [4.69, 9.17) is 14.1 Å². The van der Waals surface area contributed by atoms with Crippen LogP contribution in [0.4, 0.5) is 25.0 Å². The number of amides is 3. The highest BCUT2D eigenvalue weighted by molar-refractivity contribution is 5.90. The monoisotopic (exact) mass is 479 g/mol. The van der Waals surface area contributed by atoms with E-state index in [1.807, 2.05) is 0 Å². The number of aromatic nitrogens is 1. The number of cyclic esters (lactones) is 1. The van der Waals surface area contributed by atoms with Gasteiger partial charge in [0.1, 0.15) is 18.1 Å². The maximum Gasteiger partial charge on any atom is 0.414 e. The van der Waals surface area contributed by atoms with Crippen molar-refractivity contribution in [3.8, 4) is 0 Å². The molecule has 2 fully saturated rings. The molecule has 1 aromatic carbocycles. The number of nitrogens with one attached hydrogen (secondary N) is 1. The average Bonchev–Trinajstić information content (AvgIpc) is 3.35.